The molecule has 0 radical (unpaired) electrons. The van der Waals surface area contributed by atoms with Gasteiger partial charge in [0.15, 0.2) is 0 Å². The molecule has 0 heterocycles. The van der Waals surface area contributed by atoms with Crippen molar-refractivity contribution < 1.29 is 0 Å². The Morgan fingerprint density at radius 1 is 0.733 bits per heavy atom. The molecule has 0 saturated heterocycles. The lowest BCUT2D eigenvalue weighted by Gasteiger charge is -2.06. The van der Waals surface area contributed by atoms with Crippen molar-refractivity contribution in [3.63, 3.8) is 0 Å². The zero-order valence-electron chi connectivity index (χ0n) is 8.49. The first-order valence-corrected chi connectivity index (χ1v) is 5.60. The van der Waals surface area contributed by atoms with Crippen molar-refractivity contribution in [3.05, 3.63) is 71.3 Å². The monoisotopic (exact) mass is 216 g/mol. The number of benzene rings is 2. The predicted molar refractivity (Wildman–Crippen MR) is 65.2 cm³/mol. The van der Waals surface area contributed by atoms with Crippen molar-refractivity contribution in [2.45, 2.75) is 12.3 Å². The maximum Gasteiger partial charge on any atom is 0.0476 e. The summed E-state index contributed by atoms with van der Waals surface area (Å²) in [5.74, 6) is 0.586. The highest BCUT2D eigenvalue weighted by molar-refractivity contribution is 6.17. The van der Waals surface area contributed by atoms with Gasteiger partial charge < -0.3 is 0 Å². The van der Waals surface area contributed by atoms with Crippen LogP contribution in [0, 0.1) is 0 Å². The normalized spacial score (nSPS) is 10.2. The minimum atomic E-state index is 0.586. The van der Waals surface area contributed by atoms with E-state index >= 15 is 0 Å². The first-order chi connectivity index (χ1) is 7.40. The second-order valence-corrected chi connectivity index (χ2v) is 3.83. The molecule has 0 saturated carbocycles. The van der Waals surface area contributed by atoms with Gasteiger partial charge in [-0.3, -0.25) is 0 Å². The van der Waals surface area contributed by atoms with Crippen LogP contribution >= 0.6 is 11.6 Å². The van der Waals surface area contributed by atoms with E-state index in [-0.39, 0.29) is 0 Å². The summed E-state index contributed by atoms with van der Waals surface area (Å²) in [6, 6.07) is 18.8. The summed E-state index contributed by atoms with van der Waals surface area (Å²) >= 11 is 5.90. The Hall–Kier alpha value is -1.27. The molecule has 0 aliphatic heterocycles. The van der Waals surface area contributed by atoms with Gasteiger partial charge in [0.05, 0.1) is 0 Å². The van der Waals surface area contributed by atoms with Gasteiger partial charge in [-0.2, -0.15) is 0 Å². The highest BCUT2D eigenvalue weighted by atomic mass is 35.5. The zero-order valence-corrected chi connectivity index (χ0v) is 9.24. The van der Waals surface area contributed by atoms with Crippen LogP contribution in [0.25, 0.3) is 0 Å². The van der Waals surface area contributed by atoms with E-state index in [1.54, 1.807) is 0 Å². The highest BCUT2D eigenvalue weighted by Crippen LogP contribution is 2.15. The van der Waals surface area contributed by atoms with E-state index in [0.29, 0.717) is 5.88 Å². The molecule has 2 aromatic rings. The van der Waals surface area contributed by atoms with E-state index in [1.807, 2.05) is 12.1 Å². The summed E-state index contributed by atoms with van der Waals surface area (Å²) in [6.07, 6.45) is 0.962. The Bertz CT molecular complexity index is 420. The molecule has 0 aliphatic rings. The van der Waals surface area contributed by atoms with Crippen LogP contribution in [0.15, 0.2) is 54.6 Å². The van der Waals surface area contributed by atoms with E-state index in [9.17, 15) is 0 Å². The molecular weight excluding hydrogens is 204 g/mol. The smallest absolute Gasteiger partial charge is 0.0476 e. The summed E-state index contributed by atoms with van der Waals surface area (Å²) in [7, 11) is 0. The average molecular weight is 217 g/mol. The number of alkyl halides is 1. The third kappa shape index (κ3) is 2.60. The molecule has 0 N–H and O–H groups in total. The molecule has 0 unspecified atom stereocenters. The van der Waals surface area contributed by atoms with Gasteiger partial charge in [0, 0.05) is 5.88 Å². The highest BCUT2D eigenvalue weighted by Gasteiger charge is 2.00. The van der Waals surface area contributed by atoms with Crippen molar-refractivity contribution in [1.29, 1.82) is 0 Å². The Morgan fingerprint density at radius 3 is 2.00 bits per heavy atom. The van der Waals surface area contributed by atoms with Crippen LogP contribution in [-0.2, 0) is 12.3 Å². The van der Waals surface area contributed by atoms with Crippen LogP contribution in [-0.4, -0.2) is 0 Å². The fourth-order valence-electron chi connectivity index (χ4n) is 1.68. The molecule has 2 aromatic carbocycles. The molecule has 2 rings (SSSR count). The Morgan fingerprint density at radius 2 is 1.33 bits per heavy atom. The maximum absolute atomic E-state index is 5.90. The fourth-order valence-corrected chi connectivity index (χ4v) is 1.94. The molecule has 0 aromatic heterocycles. The van der Waals surface area contributed by atoms with Crippen LogP contribution in [0.2, 0.25) is 0 Å². The van der Waals surface area contributed by atoms with Crippen LogP contribution in [0.4, 0.5) is 0 Å². The molecule has 76 valence electrons. The molecule has 0 fully saturated rings. The zero-order chi connectivity index (χ0) is 10.5. The standard InChI is InChI=1S/C14H13Cl/c15-11-14-9-5-4-8-13(14)10-12-6-2-1-3-7-12/h1-9H,10-11H2. The van der Waals surface area contributed by atoms with Gasteiger partial charge >= 0.3 is 0 Å². The molecule has 0 spiro atoms. The lowest BCUT2D eigenvalue weighted by molar-refractivity contribution is 1.14. The first-order valence-electron chi connectivity index (χ1n) is 5.07. The second kappa shape index (κ2) is 4.99. The second-order valence-electron chi connectivity index (χ2n) is 3.56. The third-order valence-corrected chi connectivity index (χ3v) is 2.79. The molecule has 0 atom stereocenters. The minimum Gasteiger partial charge on any atom is -0.122 e. The summed E-state index contributed by atoms with van der Waals surface area (Å²) in [4.78, 5) is 0. The predicted octanol–water partition coefficient (Wildman–Crippen LogP) is 4.02. The molecule has 0 amide bonds. The summed E-state index contributed by atoms with van der Waals surface area (Å²) in [5, 5.41) is 0. The van der Waals surface area contributed by atoms with Gasteiger partial charge in [-0.25, -0.2) is 0 Å². The van der Waals surface area contributed by atoms with Crippen molar-refractivity contribution >= 4 is 11.6 Å². The van der Waals surface area contributed by atoms with Gasteiger partial charge in [0.2, 0.25) is 0 Å². The molecule has 0 bridgehead atoms. The number of hydrogen-bond acceptors (Lipinski definition) is 0. The molecular formula is C14H13Cl. The number of hydrogen-bond donors (Lipinski definition) is 0. The lowest BCUT2D eigenvalue weighted by atomic mass is 10.0. The van der Waals surface area contributed by atoms with Crippen LogP contribution in [0.3, 0.4) is 0 Å². The Labute approximate surface area is 95.5 Å². The summed E-state index contributed by atoms with van der Waals surface area (Å²) in [5.41, 5.74) is 3.87. The van der Waals surface area contributed by atoms with Crippen molar-refractivity contribution in [1.82, 2.24) is 0 Å². The van der Waals surface area contributed by atoms with Gasteiger partial charge in [0.25, 0.3) is 0 Å². The molecule has 0 aliphatic carbocycles. The summed E-state index contributed by atoms with van der Waals surface area (Å²) in [6.45, 7) is 0. The SMILES string of the molecule is ClCc1ccccc1Cc1ccccc1. The fraction of sp³-hybridized carbons (Fsp3) is 0.143. The van der Waals surface area contributed by atoms with Gasteiger partial charge in [-0.05, 0) is 23.1 Å². The van der Waals surface area contributed by atoms with Crippen molar-refractivity contribution in [2.75, 3.05) is 0 Å². The van der Waals surface area contributed by atoms with Gasteiger partial charge in [-0.15, -0.1) is 11.6 Å². The molecule has 1 heteroatoms. The van der Waals surface area contributed by atoms with Gasteiger partial charge in [0.1, 0.15) is 0 Å². The topological polar surface area (TPSA) is 0 Å². The van der Waals surface area contributed by atoms with Crippen LogP contribution in [0.5, 0.6) is 0 Å². The molecule has 0 nitrogen and oxygen atoms in total. The maximum atomic E-state index is 5.90. The Kier molecular flexibility index (Phi) is 3.41. The molecule has 15 heavy (non-hydrogen) atoms. The minimum absolute atomic E-state index is 0.586. The van der Waals surface area contributed by atoms with Crippen LogP contribution < -0.4 is 0 Å². The summed E-state index contributed by atoms with van der Waals surface area (Å²) < 4.78 is 0. The van der Waals surface area contributed by atoms with Gasteiger partial charge in [-0.1, -0.05) is 54.6 Å². The van der Waals surface area contributed by atoms with E-state index < -0.39 is 0 Å². The van der Waals surface area contributed by atoms with E-state index in [0.717, 1.165) is 6.42 Å². The first kappa shape index (κ1) is 10.3. The quantitative estimate of drug-likeness (QED) is 0.680. The van der Waals surface area contributed by atoms with E-state index in [1.165, 1.54) is 16.7 Å². The largest absolute Gasteiger partial charge is 0.122 e. The lowest BCUT2D eigenvalue weighted by Crippen LogP contribution is -1.92. The number of rotatable bonds is 3. The van der Waals surface area contributed by atoms with E-state index in [4.69, 9.17) is 11.6 Å². The van der Waals surface area contributed by atoms with E-state index in [2.05, 4.69) is 42.5 Å². The third-order valence-electron chi connectivity index (χ3n) is 2.50. The average Bonchev–Trinajstić information content (AvgIpc) is 2.31. The van der Waals surface area contributed by atoms with Crippen LogP contribution in [0.1, 0.15) is 16.7 Å². The van der Waals surface area contributed by atoms with Crippen molar-refractivity contribution in [2.24, 2.45) is 0 Å². The van der Waals surface area contributed by atoms with Crippen molar-refractivity contribution in [3.8, 4) is 0 Å². The number of halogens is 1. The Balaban J connectivity index is 2.24.